The number of sulfonamides is 1. The summed E-state index contributed by atoms with van der Waals surface area (Å²) >= 11 is 6.08. The average molecular weight is 600 g/mol. The molecule has 0 aliphatic heterocycles. The smallest absolute Gasteiger partial charge is 0.264 e. The molecule has 1 N–H and O–H groups in total. The first-order valence-electron chi connectivity index (χ1n) is 13.8. The van der Waals surface area contributed by atoms with Gasteiger partial charge in [0.05, 0.1) is 17.2 Å². The van der Waals surface area contributed by atoms with Gasteiger partial charge in [0.1, 0.15) is 18.3 Å². The normalized spacial score (nSPS) is 12.7. The van der Waals surface area contributed by atoms with Gasteiger partial charge in [0.25, 0.3) is 10.0 Å². The monoisotopic (exact) mass is 599 g/mol. The third-order valence-corrected chi connectivity index (χ3v) is 8.72. The van der Waals surface area contributed by atoms with Gasteiger partial charge in [-0.3, -0.25) is 13.9 Å². The first-order chi connectivity index (χ1) is 19.6. The lowest BCUT2D eigenvalue weighted by atomic mass is 10.1. The van der Waals surface area contributed by atoms with E-state index >= 15 is 0 Å². The summed E-state index contributed by atoms with van der Waals surface area (Å²) in [5.74, 6) is -0.499. The van der Waals surface area contributed by atoms with E-state index in [1.54, 1.807) is 73.7 Å². The third kappa shape index (κ3) is 8.24. The quantitative estimate of drug-likeness (QED) is 0.258. The lowest BCUT2D eigenvalue weighted by molar-refractivity contribution is -0.140. The lowest BCUT2D eigenvalue weighted by Gasteiger charge is -2.34. The summed E-state index contributed by atoms with van der Waals surface area (Å²) in [5.41, 5.74) is 0.986. The Morgan fingerprint density at radius 1 is 0.902 bits per heavy atom. The average Bonchev–Trinajstić information content (AvgIpc) is 2.97. The minimum atomic E-state index is -4.19. The van der Waals surface area contributed by atoms with Crippen LogP contribution in [0.25, 0.3) is 0 Å². The second-order valence-electron chi connectivity index (χ2n) is 9.62. The fourth-order valence-electron chi connectivity index (χ4n) is 4.32. The highest BCUT2D eigenvalue weighted by Crippen LogP contribution is 2.33. The number of ether oxygens (including phenoxy) is 1. The van der Waals surface area contributed by atoms with E-state index in [1.807, 2.05) is 20.8 Å². The Labute approximate surface area is 248 Å². The molecule has 0 aliphatic carbocycles. The molecule has 0 aliphatic rings. The number of carbonyl (C=O) groups excluding carboxylic acids is 2. The van der Waals surface area contributed by atoms with E-state index in [1.165, 1.54) is 17.0 Å². The van der Waals surface area contributed by atoms with Crippen molar-refractivity contribution in [2.24, 2.45) is 0 Å². The zero-order valence-electron chi connectivity index (χ0n) is 23.9. The van der Waals surface area contributed by atoms with Gasteiger partial charge in [-0.2, -0.15) is 0 Å². The van der Waals surface area contributed by atoms with E-state index in [2.05, 4.69) is 5.32 Å². The van der Waals surface area contributed by atoms with Gasteiger partial charge < -0.3 is 15.0 Å². The molecule has 0 bridgehead atoms. The van der Waals surface area contributed by atoms with Crippen LogP contribution in [-0.4, -0.2) is 50.4 Å². The van der Waals surface area contributed by atoms with Gasteiger partial charge in [-0.25, -0.2) is 8.42 Å². The van der Waals surface area contributed by atoms with Gasteiger partial charge in [-0.05, 0) is 68.7 Å². The van der Waals surface area contributed by atoms with Gasteiger partial charge in [0, 0.05) is 17.6 Å². The highest BCUT2D eigenvalue weighted by molar-refractivity contribution is 7.92. The summed E-state index contributed by atoms with van der Waals surface area (Å²) in [6.45, 7) is 7.34. The highest BCUT2D eigenvalue weighted by Gasteiger charge is 2.35. The highest BCUT2D eigenvalue weighted by atomic mass is 35.5. The molecule has 8 nitrogen and oxygen atoms in total. The topological polar surface area (TPSA) is 96.0 Å². The Morgan fingerprint density at radius 2 is 1.54 bits per heavy atom. The third-order valence-electron chi connectivity index (χ3n) is 6.70. The number of anilines is 1. The lowest BCUT2D eigenvalue weighted by Crippen LogP contribution is -2.53. The molecular weight excluding hydrogens is 562 g/mol. The summed E-state index contributed by atoms with van der Waals surface area (Å²) in [6, 6.07) is 20.7. The van der Waals surface area contributed by atoms with E-state index < -0.39 is 28.5 Å². The summed E-state index contributed by atoms with van der Waals surface area (Å²) in [5, 5.41) is 3.51. The van der Waals surface area contributed by atoms with Crippen LogP contribution in [0.2, 0.25) is 5.02 Å². The molecular formula is C31H38ClN3O5S. The van der Waals surface area contributed by atoms with Crippen LogP contribution in [0.1, 0.15) is 46.1 Å². The molecule has 0 heterocycles. The fraction of sp³-hybridized carbons (Fsp3) is 0.355. The number of hydrogen-bond acceptors (Lipinski definition) is 5. The van der Waals surface area contributed by atoms with E-state index in [-0.39, 0.29) is 29.1 Å². The molecule has 0 saturated carbocycles. The van der Waals surface area contributed by atoms with Gasteiger partial charge in [-0.15, -0.1) is 0 Å². The molecule has 0 unspecified atom stereocenters. The molecule has 0 spiro atoms. The molecule has 3 aromatic rings. The van der Waals surface area contributed by atoms with E-state index in [0.29, 0.717) is 23.8 Å². The van der Waals surface area contributed by atoms with Crippen molar-refractivity contribution in [2.75, 3.05) is 17.5 Å². The number of benzene rings is 3. The molecule has 3 aromatic carbocycles. The Kier molecular flexibility index (Phi) is 11.6. The number of hydrogen-bond donors (Lipinski definition) is 1. The molecule has 10 heteroatoms. The maximum Gasteiger partial charge on any atom is 0.264 e. The van der Waals surface area contributed by atoms with Crippen LogP contribution in [0.3, 0.4) is 0 Å². The maximum absolute atomic E-state index is 14.2. The van der Waals surface area contributed by atoms with Crippen molar-refractivity contribution >= 4 is 39.1 Å². The van der Waals surface area contributed by atoms with E-state index in [0.717, 1.165) is 16.3 Å². The zero-order chi connectivity index (χ0) is 30.0. The zero-order valence-corrected chi connectivity index (χ0v) is 25.5. The molecule has 0 saturated heterocycles. The van der Waals surface area contributed by atoms with Crippen molar-refractivity contribution in [1.82, 2.24) is 10.2 Å². The molecule has 2 amide bonds. The van der Waals surface area contributed by atoms with Crippen molar-refractivity contribution in [3.63, 3.8) is 0 Å². The van der Waals surface area contributed by atoms with E-state index in [9.17, 15) is 18.0 Å². The Hall–Kier alpha value is -3.56. The number of rotatable bonds is 14. The van der Waals surface area contributed by atoms with Crippen molar-refractivity contribution in [2.45, 2.75) is 64.1 Å². The summed E-state index contributed by atoms with van der Waals surface area (Å²) in [4.78, 5) is 29.0. The van der Waals surface area contributed by atoms with Crippen molar-refractivity contribution in [1.29, 1.82) is 0 Å². The van der Waals surface area contributed by atoms with E-state index in [4.69, 9.17) is 16.3 Å². The minimum Gasteiger partial charge on any atom is -0.492 e. The molecule has 0 aromatic heterocycles. The fourth-order valence-corrected chi connectivity index (χ4v) is 5.89. The molecule has 220 valence electrons. The van der Waals surface area contributed by atoms with Crippen LogP contribution < -0.4 is 14.4 Å². The molecule has 41 heavy (non-hydrogen) atoms. The second kappa shape index (κ2) is 14.9. The summed E-state index contributed by atoms with van der Waals surface area (Å²) < 4.78 is 34.8. The Balaban J connectivity index is 2.09. The molecule has 3 rings (SSSR count). The number of para-hydroxylation sites is 2. The van der Waals surface area contributed by atoms with Crippen LogP contribution in [-0.2, 0) is 26.2 Å². The predicted molar refractivity (Wildman–Crippen MR) is 163 cm³/mol. The molecule has 0 fully saturated rings. The van der Waals surface area contributed by atoms with Gasteiger partial charge in [0.2, 0.25) is 11.8 Å². The Bertz CT molecular complexity index is 1400. The summed E-state index contributed by atoms with van der Waals surface area (Å²) in [6.07, 6.45) is 1.06. The SMILES string of the molecule is CCOc1ccccc1N(CC(=O)N(Cc1ccc(Cl)cc1)[C@@H](CC)C(=O)N[C@H](C)CC)S(=O)(=O)c1ccccc1. The predicted octanol–water partition coefficient (Wildman–Crippen LogP) is 5.66. The maximum atomic E-state index is 14.2. The number of nitrogens with one attached hydrogen (secondary N) is 1. The number of carbonyl (C=O) groups is 2. The number of amides is 2. The first kappa shape index (κ1) is 32.0. The first-order valence-corrected chi connectivity index (χ1v) is 15.6. The minimum absolute atomic E-state index is 0.0323. The molecule has 2 atom stereocenters. The van der Waals surface area contributed by atoms with Crippen molar-refractivity contribution in [3.8, 4) is 5.75 Å². The van der Waals surface area contributed by atoms with Gasteiger partial charge >= 0.3 is 0 Å². The van der Waals surface area contributed by atoms with Crippen molar-refractivity contribution in [3.05, 3.63) is 89.4 Å². The van der Waals surface area contributed by atoms with Crippen LogP contribution in [0.4, 0.5) is 5.69 Å². The second-order valence-corrected chi connectivity index (χ2v) is 11.9. The van der Waals surface area contributed by atoms with Crippen LogP contribution in [0.5, 0.6) is 5.75 Å². The molecule has 0 radical (unpaired) electrons. The van der Waals surface area contributed by atoms with Crippen LogP contribution in [0, 0.1) is 0 Å². The van der Waals surface area contributed by atoms with Gasteiger partial charge in [-0.1, -0.05) is 67.9 Å². The van der Waals surface area contributed by atoms with Crippen LogP contribution >= 0.6 is 11.6 Å². The van der Waals surface area contributed by atoms with Crippen LogP contribution in [0.15, 0.2) is 83.8 Å². The number of halogens is 1. The largest absolute Gasteiger partial charge is 0.492 e. The van der Waals surface area contributed by atoms with Crippen molar-refractivity contribution < 1.29 is 22.7 Å². The summed E-state index contributed by atoms with van der Waals surface area (Å²) in [7, 11) is -4.19. The number of nitrogens with zero attached hydrogens (tertiary/aromatic N) is 2. The standard InChI is InChI=1S/C31H38ClN3O5S/c1-5-23(4)33-31(37)27(6-2)34(21-24-17-19-25(32)20-18-24)30(36)22-35(28-15-11-12-16-29(28)40-7-3)41(38,39)26-13-9-8-10-14-26/h8-20,23,27H,5-7,21-22H2,1-4H3,(H,33,37)/t23-,27+/m1/s1. The Morgan fingerprint density at radius 3 is 2.15 bits per heavy atom. The van der Waals surface area contributed by atoms with Gasteiger partial charge in [0.15, 0.2) is 0 Å².